The molecular weight excluding hydrogens is 478 g/mol. The summed E-state index contributed by atoms with van der Waals surface area (Å²) in [5.41, 5.74) is 2.30. The number of rotatable bonds is 7. The minimum Gasteiger partial charge on any atom is -0.490 e. The molecule has 0 spiro atoms. The Hall–Kier alpha value is -2.84. The molecule has 1 N–H and O–H groups in total. The van der Waals surface area contributed by atoms with Crippen LogP contribution in [0.3, 0.4) is 0 Å². The largest absolute Gasteiger partial charge is 0.490 e. The fourth-order valence-electron chi connectivity index (χ4n) is 3.05. The van der Waals surface area contributed by atoms with E-state index in [-0.39, 0.29) is 11.4 Å². The molecule has 0 saturated carbocycles. The monoisotopic (exact) mass is 497 g/mol. The fourth-order valence-corrected chi connectivity index (χ4v) is 4.27. The first-order valence-corrected chi connectivity index (χ1v) is 11.4. The van der Waals surface area contributed by atoms with E-state index in [0.29, 0.717) is 24.1 Å². The van der Waals surface area contributed by atoms with Crippen molar-refractivity contribution in [2.24, 2.45) is 4.99 Å². The highest BCUT2D eigenvalue weighted by Gasteiger charge is 2.30. The van der Waals surface area contributed by atoms with Gasteiger partial charge in [0, 0.05) is 6.20 Å². The van der Waals surface area contributed by atoms with Crippen LogP contribution in [0.1, 0.15) is 18.1 Å². The lowest BCUT2D eigenvalue weighted by Gasteiger charge is -2.22. The van der Waals surface area contributed by atoms with Crippen LogP contribution in [0.15, 0.2) is 69.1 Å². The van der Waals surface area contributed by atoms with Crippen molar-refractivity contribution < 1.29 is 14.3 Å². The van der Waals surface area contributed by atoms with Crippen LogP contribution in [0.5, 0.6) is 11.5 Å². The number of halogens is 1. The zero-order valence-corrected chi connectivity index (χ0v) is 19.2. The molecule has 6 nitrogen and oxygen atoms in total. The quantitative estimate of drug-likeness (QED) is 0.417. The van der Waals surface area contributed by atoms with E-state index in [4.69, 9.17) is 14.9 Å². The molecule has 31 heavy (non-hydrogen) atoms. The fraction of sp³-hybridized carbons (Fsp3) is 0.174. The van der Waals surface area contributed by atoms with Crippen LogP contribution in [0.4, 0.5) is 0 Å². The molecule has 0 bridgehead atoms. The van der Waals surface area contributed by atoms with Gasteiger partial charge in [0.05, 0.1) is 10.0 Å². The molecular formula is C23H20BrN3O3S. The van der Waals surface area contributed by atoms with Gasteiger partial charge in [-0.2, -0.15) is 4.99 Å². The highest BCUT2D eigenvalue weighted by Crippen LogP contribution is 2.30. The van der Waals surface area contributed by atoms with Crippen molar-refractivity contribution in [3.63, 3.8) is 0 Å². The van der Waals surface area contributed by atoms with Crippen LogP contribution in [0.25, 0.3) is 6.08 Å². The van der Waals surface area contributed by atoms with Gasteiger partial charge >= 0.3 is 0 Å². The second-order valence-electron chi connectivity index (χ2n) is 6.76. The molecule has 2 aromatic rings. The second-order valence-corrected chi connectivity index (χ2v) is 8.49. The van der Waals surface area contributed by atoms with E-state index in [1.807, 2.05) is 30.3 Å². The smallest absolute Gasteiger partial charge is 0.283 e. The molecule has 158 valence electrons. The maximum atomic E-state index is 12.3. The third kappa shape index (κ3) is 4.91. The highest BCUT2D eigenvalue weighted by molar-refractivity contribution is 9.10. The van der Waals surface area contributed by atoms with Crippen LogP contribution in [0, 0.1) is 5.41 Å². The molecule has 2 aliphatic heterocycles. The summed E-state index contributed by atoms with van der Waals surface area (Å²) in [6, 6.07) is 13.6. The molecule has 0 fully saturated rings. The normalized spacial score (nSPS) is 16.5. The van der Waals surface area contributed by atoms with E-state index in [9.17, 15) is 4.79 Å². The summed E-state index contributed by atoms with van der Waals surface area (Å²) in [7, 11) is 0. The van der Waals surface area contributed by atoms with Gasteiger partial charge in [0.2, 0.25) is 0 Å². The van der Waals surface area contributed by atoms with Crippen LogP contribution in [-0.2, 0) is 11.2 Å². The Morgan fingerprint density at radius 3 is 2.68 bits per heavy atom. The number of carbonyl (C=O) groups excluding carboxylic acids is 1. The molecule has 2 aromatic carbocycles. The maximum absolute atomic E-state index is 12.3. The van der Waals surface area contributed by atoms with E-state index in [1.165, 1.54) is 17.3 Å². The van der Waals surface area contributed by atoms with Gasteiger partial charge in [-0.3, -0.25) is 15.1 Å². The molecule has 2 heterocycles. The van der Waals surface area contributed by atoms with Gasteiger partial charge in [-0.05, 0) is 69.2 Å². The summed E-state index contributed by atoms with van der Waals surface area (Å²) in [4.78, 5) is 18.0. The van der Waals surface area contributed by atoms with Gasteiger partial charge < -0.3 is 9.47 Å². The van der Waals surface area contributed by atoms with Crippen molar-refractivity contribution in [3.05, 3.63) is 75.2 Å². The van der Waals surface area contributed by atoms with Gasteiger partial charge in [0.25, 0.3) is 5.91 Å². The van der Waals surface area contributed by atoms with Gasteiger partial charge in [0.15, 0.2) is 5.17 Å². The Bertz CT molecular complexity index is 1110. The SMILES string of the molecule is CCc1ccc(OCCOc2ccc(/C=C3/C(=N)N4C=CSC4=NC3=O)cc2Br)cc1. The predicted octanol–water partition coefficient (Wildman–Crippen LogP) is 5.25. The minimum atomic E-state index is -0.409. The molecule has 0 atom stereocenters. The average Bonchev–Trinajstić information content (AvgIpc) is 3.24. The zero-order chi connectivity index (χ0) is 21.8. The van der Waals surface area contributed by atoms with E-state index < -0.39 is 5.91 Å². The second kappa shape index (κ2) is 9.53. The Morgan fingerprint density at radius 2 is 1.94 bits per heavy atom. The summed E-state index contributed by atoms with van der Waals surface area (Å²) in [6.45, 7) is 2.94. The molecule has 4 rings (SSSR count). The summed E-state index contributed by atoms with van der Waals surface area (Å²) in [5, 5.41) is 10.6. The van der Waals surface area contributed by atoms with Crippen molar-refractivity contribution in [2.75, 3.05) is 13.2 Å². The number of amides is 1. The van der Waals surface area contributed by atoms with Gasteiger partial charge in [-0.15, -0.1) is 0 Å². The first kappa shape index (κ1) is 21.4. The molecule has 0 aromatic heterocycles. The van der Waals surface area contributed by atoms with Crippen LogP contribution in [-0.4, -0.2) is 35.0 Å². The maximum Gasteiger partial charge on any atom is 0.283 e. The molecule has 0 unspecified atom stereocenters. The Kier molecular flexibility index (Phi) is 6.58. The molecule has 1 amide bonds. The molecule has 0 saturated heterocycles. The third-order valence-electron chi connectivity index (χ3n) is 4.72. The van der Waals surface area contributed by atoms with Crippen molar-refractivity contribution in [1.29, 1.82) is 5.41 Å². The summed E-state index contributed by atoms with van der Waals surface area (Å²) in [5.74, 6) is 1.21. The summed E-state index contributed by atoms with van der Waals surface area (Å²) in [6.07, 6.45) is 4.40. The standard InChI is InChI=1S/C23H20BrN3O3S/c1-2-15-3-6-17(7-4-15)29-10-11-30-20-8-5-16(14-19(20)24)13-18-21(25)27-9-12-31-23(27)26-22(18)28/h3-9,12-14,25H,2,10-11H2,1H3/b18-13-,25-21?. The number of hydrogen-bond acceptors (Lipinski definition) is 5. The number of carbonyl (C=O) groups is 1. The van der Waals surface area contributed by atoms with Crippen LogP contribution >= 0.6 is 27.7 Å². The summed E-state index contributed by atoms with van der Waals surface area (Å²) >= 11 is 4.84. The van der Waals surface area contributed by atoms with Gasteiger partial charge in [-0.1, -0.05) is 36.9 Å². The number of fused-ring (bicyclic) bond motifs is 1. The van der Waals surface area contributed by atoms with E-state index in [0.717, 1.165) is 22.2 Å². The van der Waals surface area contributed by atoms with Crippen LogP contribution in [0.2, 0.25) is 0 Å². The number of benzene rings is 2. The number of aliphatic imine (C=N–C) groups is 1. The molecule has 0 radical (unpaired) electrons. The number of aryl methyl sites for hydroxylation is 1. The van der Waals surface area contributed by atoms with E-state index in [2.05, 4.69) is 40.0 Å². The number of thioether (sulfide) groups is 1. The van der Waals surface area contributed by atoms with Gasteiger partial charge in [-0.25, -0.2) is 0 Å². The third-order valence-corrected chi connectivity index (χ3v) is 6.10. The van der Waals surface area contributed by atoms with E-state index in [1.54, 1.807) is 22.6 Å². The minimum absolute atomic E-state index is 0.122. The summed E-state index contributed by atoms with van der Waals surface area (Å²) < 4.78 is 12.3. The molecule has 8 heteroatoms. The van der Waals surface area contributed by atoms with Gasteiger partial charge in [0.1, 0.15) is 30.5 Å². The first-order valence-electron chi connectivity index (χ1n) is 9.75. The Morgan fingerprint density at radius 1 is 1.16 bits per heavy atom. The van der Waals surface area contributed by atoms with E-state index >= 15 is 0 Å². The first-order chi connectivity index (χ1) is 15.0. The topological polar surface area (TPSA) is 75.0 Å². The lowest BCUT2D eigenvalue weighted by atomic mass is 10.1. The lowest BCUT2D eigenvalue weighted by molar-refractivity contribution is -0.114. The number of hydrogen-bond donors (Lipinski definition) is 1. The Labute approximate surface area is 193 Å². The molecule has 0 aliphatic carbocycles. The number of nitrogens with one attached hydrogen (secondary N) is 1. The van der Waals surface area contributed by atoms with Crippen molar-refractivity contribution in [1.82, 2.24) is 4.90 Å². The lowest BCUT2D eigenvalue weighted by Crippen LogP contribution is -2.35. The predicted molar refractivity (Wildman–Crippen MR) is 128 cm³/mol. The Balaban J connectivity index is 1.36. The number of ether oxygens (including phenoxy) is 2. The van der Waals surface area contributed by atoms with Crippen LogP contribution < -0.4 is 9.47 Å². The highest BCUT2D eigenvalue weighted by atomic mass is 79.9. The zero-order valence-electron chi connectivity index (χ0n) is 16.8. The van der Waals surface area contributed by atoms with Crippen molar-refractivity contribution >= 4 is 50.7 Å². The number of amidine groups is 2. The average molecular weight is 498 g/mol. The number of nitrogens with zero attached hydrogens (tertiary/aromatic N) is 2. The van der Waals surface area contributed by atoms with Crippen molar-refractivity contribution in [2.45, 2.75) is 13.3 Å². The van der Waals surface area contributed by atoms with Crippen molar-refractivity contribution in [3.8, 4) is 11.5 Å². The molecule has 2 aliphatic rings.